The van der Waals surface area contributed by atoms with Crippen LogP contribution in [0.15, 0.2) is 18.2 Å². The minimum absolute atomic E-state index is 0. The molecule has 0 bridgehead atoms. The van der Waals surface area contributed by atoms with Gasteiger partial charge in [0.15, 0.2) is 11.5 Å². The molecule has 0 radical (unpaired) electrons. The first-order valence-electron chi connectivity index (χ1n) is 5.51. The Bertz CT molecular complexity index is 354. The second-order valence-corrected chi connectivity index (χ2v) is 3.83. The van der Waals surface area contributed by atoms with Crippen molar-refractivity contribution in [3.63, 3.8) is 0 Å². The van der Waals surface area contributed by atoms with Crippen molar-refractivity contribution in [1.29, 1.82) is 0 Å². The SMILES string of the molecule is COc1ccc([C@@H]2CNCCN2)cc1OC.Cl. The molecule has 0 spiro atoms. The van der Waals surface area contributed by atoms with Crippen LogP contribution in [0.3, 0.4) is 0 Å². The maximum Gasteiger partial charge on any atom is 0.161 e. The average molecular weight is 259 g/mol. The fourth-order valence-electron chi connectivity index (χ4n) is 1.96. The lowest BCUT2D eigenvalue weighted by atomic mass is 10.0. The summed E-state index contributed by atoms with van der Waals surface area (Å²) in [6, 6.07) is 6.41. The Balaban J connectivity index is 0.00000144. The standard InChI is InChI=1S/C12H18N2O2.ClH/c1-15-11-4-3-9(7-12(11)16-2)10-8-13-5-6-14-10;/h3-4,7,10,13-14H,5-6,8H2,1-2H3;1H/t10-;/m0./s1. The maximum absolute atomic E-state index is 5.29. The van der Waals surface area contributed by atoms with Crippen molar-refractivity contribution in [1.82, 2.24) is 10.6 Å². The Morgan fingerprint density at radius 2 is 1.88 bits per heavy atom. The molecule has 0 amide bonds. The van der Waals surface area contributed by atoms with E-state index >= 15 is 0 Å². The molecular formula is C12H19ClN2O2. The van der Waals surface area contributed by atoms with Crippen molar-refractivity contribution in [2.24, 2.45) is 0 Å². The number of hydrogen-bond donors (Lipinski definition) is 2. The lowest BCUT2D eigenvalue weighted by Crippen LogP contribution is -2.42. The first-order chi connectivity index (χ1) is 7.85. The molecule has 1 atom stereocenters. The first-order valence-corrected chi connectivity index (χ1v) is 5.51. The van der Waals surface area contributed by atoms with Gasteiger partial charge < -0.3 is 20.1 Å². The van der Waals surface area contributed by atoms with Crippen LogP contribution in [-0.2, 0) is 0 Å². The number of methoxy groups -OCH3 is 2. The molecule has 1 aliphatic rings. The number of halogens is 1. The topological polar surface area (TPSA) is 42.5 Å². The zero-order chi connectivity index (χ0) is 11.4. The smallest absolute Gasteiger partial charge is 0.161 e. The van der Waals surface area contributed by atoms with Gasteiger partial charge in [0, 0.05) is 25.7 Å². The van der Waals surface area contributed by atoms with Crippen molar-refractivity contribution in [3.05, 3.63) is 23.8 Å². The van der Waals surface area contributed by atoms with E-state index in [0.717, 1.165) is 31.1 Å². The molecule has 0 saturated carbocycles. The molecule has 2 N–H and O–H groups in total. The van der Waals surface area contributed by atoms with E-state index in [0.29, 0.717) is 6.04 Å². The van der Waals surface area contributed by atoms with Gasteiger partial charge in [0.1, 0.15) is 0 Å². The number of ether oxygens (including phenoxy) is 2. The van der Waals surface area contributed by atoms with E-state index in [1.54, 1.807) is 14.2 Å². The molecule has 0 unspecified atom stereocenters. The van der Waals surface area contributed by atoms with Crippen LogP contribution in [0.4, 0.5) is 0 Å². The molecule has 1 aromatic rings. The van der Waals surface area contributed by atoms with Gasteiger partial charge in [-0.3, -0.25) is 0 Å². The monoisotopic (exact) mass is 258 g/mol. The molecule has 1 aliphatic heterocycles. The highest BCUT2D eigenvalue weighted by Crippen LogP contribution is 2.29. The number of hydrogen-bond acceptors (Lipinski definition) is 4. The minimum atomic E-state index is 0. The fraction of sp³-hybridized carbons (Fsp3) is 0.500. The summed E-state index contributed by atoms with van der Waals surface area (Å²) in [4.78, 5) is 0. The molecule has 17 heavy (non-hydrogen) atoms. The number of benzene rings is 1. The quantitative estimate of drug-likeness (QED) is 0.859. The van der Waals surface area contributed by atoms with Crippen LogP contribution in [-0.4, -0.2) is 33.9 Å². The highest BCUT2D eigenvalue weighted by atomic mass is 35.5. The van der Waals surface area contributed by atoms with Crippen LogP contribution < -0.4 is 20.1 Å². The molecule has 1 saturated heterocycles. The van der Waals surface area contributed by atoms with E-state index in [2.05, 4.69) is 16.7 Å². The molecule has 2 rings (SSSR count). The molecule has 4 nitrogen and oxygen atoms in total. The predicted molar refractivity (Wildman–Crippen MR) is 70.4 cm³/mol. The van der Waals surface area contributed by atoms with Crippen LogP contribution in [0.5, 0.6) is 11.5 Å². The van der Waals surface area contributed by atoms with Gasteiger partial charge >= 0.3 is 0 Å². The third kappa shape index (κ3) is 3.25. The third-order valence-corrected chi connectivity index (χ3v) is 2.85. The molecular weight excluding hydrogens is 240 g/mol. The summed E-state index contributed by atoms with van der Waals surface area (Å²) in [5, 5.41) is 6.83. The van der Waals surface area contributed by atoms with Gasteiger partial charge in [0.25, 0.3) is 0 Å². The average Bonchev–Trinajstić information content (AvgIpc) is 2.39. The van der Waals surface area contributed by atoms with Gasteiger partial charge in [-0.2, -0.15) is 0 Å². The van der Waals surface area contributed by atoms with Gasteiger partial charge in [-0.1, -0.05) is 6.07 Å². The zero-order valence-electron chi connectivity index (χ0n) is 10.2. The zero-order valence-corrected chi connectivity index (χ0v) is 11.0. The van der Waals surface area contributed by atoms with Crippen LogP contribution in [0.1, 0.15) is 11.6 Å². The summed E-state index contributed by atoms with van der Waals surface area (Å²) >= 11 is 0. The summed E-state index contributed by atoms with van der Waals surface area (Å²) in [6.07, 6.45) is 0. The largest absolute Gasteiger partial charge is 0.493 e. The van der Waals surface area contributed by atoms with E-state index in [9.17, 15) is 0 Å². The van der Waals surface area contributed by atoms with E-state index in [1.807, 2.05) is 12.1 Å². The number of piperazine rings is 1. The second-order valence-electron chi connectivity index (χ2n) is 3.83. The molecule has 1 fully saturated rings. The molecule has 0 aromatic heterocycles. The number of rotatable bonds is 3. The van der Waals surface area contributed by atoms with E-state index in [-0.39, 0.29) is 12.4 Å². The Morgan fingerprint density at radius 3 is 2.47 bits per heavy atom. The summed E-state index contributed by atoms with van der Waals surface area (Å²) < 4.78 is 10.5. The summed E-state index contributed by atoms with van der Waals surface area (Å²) in [7, 11) is 3.31. The second kappa shape index (κ2) is 6.69. The fourth-order valence-corrected chi connectivity index (χ4v) is 1.96. The minimum Gasteiger partial charge on any atom is -0.493 e. The highest BCUT2D eigenvalue weighted by Gasteiger charge is 2.15. The van der Waals surface area contributed by atoms with Crippen molar-refractivity contribution in [2.45, 2.75) is 6.04 Å². The van der Waals surface area contributed by atoms with Gasteiger partial charge in [0.05, 0.1) is 14.2 Å². The highest BCUT2D eigenvalue weighted by molar-refractivity contribution is 5.85. The Morgan fingerprint density at radius 1 is 1.12 bits per heavy atom. The predicted octanol–water partition coefficient (Wildman–Crippen LogP) is 1.36. The van der Waals surface area contributed by atoms with E-state index in [1.165, 1.54) is 5.56 Å². The molecule has 0 aliphatic carbocycles. The van der Waals surface area contributed by atoms with Gasteiger partial charge in [-0.15, -0.1) is 12.4 Å². The van der Waals surface area contributed by atoms with Gasteiger partial charge in [-0.25, -0.2) is 0 Å². The normalized spacial score (nSPS) is 19.3. The van der Waals surface area contributed by atoms with Crippen LogP contribution in [0, 0.1) is 0 Å². The Kier molecular flexibility index (Phi) is 5.55. The Hall–Kier alpha value is -0.970. The summed E-state index contributed by atoms with van der Waals surface area (Å²) in [5.74, 6) is 1.56. The van der Waals surface area contributed by atoms with Crippen molar-refractivity contribution in [2.75, 3.05) is 33.9 Å². The first kappa shape index (κ1) is 14.1. The molecule has 1 aromatic carbocycles. The van der Waals surface area contributed by atoms with Gasteiger partial charge in [-0.05, 0) is 17.7 Å². The molecule has 1 heterocycles. The lowest BCUT2D eigenvalue weighted by molar-refractivity contribution is 0.353. The molecule has 96 valence electrons. The number of nitrogens with one attached hydrogen (secondary N) is 2. The van der Waals surface area contributed by atoms with Crippen LogP contribution >= 0.6 is 12.4 Å². The van der Waals surface area contributed by atoms with E-state index < -0.39 is 0 Å². The van der Waals surface area contributed by atoms with Gasteiger partial charge in [0.2, 0.25) is 0 Å². The van der Waals surface area contributed by atoms with Crippen molar-refractivity contribution < 1.29 is 9.47 Å². The maximum atomic E-state index is 5.29. The van der Waals surface area contributed by atoms with Crippen molar-refractivity contribution >= 4 is 12.4 Å². The van der Waals surface area contributed by atoms with Crippen LogP contribution in [0.2, 0.25) is 0 Å². The third-order valence-electron chi connectivity index (χ3n) is 2.85. The lowest BCUT2D eigenvalue weighted by Gasteiger charge is -2.25. The summed E-state index contributed by atoms with van der Waals surface area (Å²) in [6.45, 7) is 2.98. The Labute approximate surface area is 108 Å². The summed E-state index contributed by atoms with van der Waals surface area (Å²) in [5.41, 5.74) is 1.23. The van der Waals surface area contributed by atoms with E-state index in [4.69, 9.17) is 9.47 Å². The van der Waals surface area contributed by atoms with Crippen molar-refractivity contribution in [3.8, 4) is 11.5 Å². The van der Waals surface area contributed by atoms with Crippen LogP contribution in [0.25, 0.3) is 0 Å². The molecule has 5 heteroatoms.